The molecule has 0 saturated heterocycles. The number of benzene rings is 1. The highest BCUT2D eigenvalue weighted by Crippen LogP contribution is 2.43. The quantitative estimate of drug-likeness (QED) is 0.849. The highest BCUT2D eigenvalue weighted by atomic mass is 16.5. The maximum atomic E-state index is 10.9. The van der Waals surface area contributed by atoms with Gasteiger partial charge in [-0.2, -0.15) is 0 Å². The molecule has 17 heavy (non-hydrogen) atoms. The maximum absolute atomic E-state index is 10.9. The molecule has 2 atom stereocenters. The van der Waals surface area contributed by atoms with Gasteiger partial charge in [-0.3, -0.25) is 0 Å². The molecule has 0 aromatic heterocycles. The monoisotopic (exact) mass is 234 g/mol. The first kappa shape index (κ1) is 12.4. The van der Waals surface area contributed by atoms with Gasteiger partial charge in [-0.15, -0.1) is 0 Å². The van der Waals surface area contributed by atoms with E-state index in [0.29, 0.717) is 5.92 Å². The number of methoxy groups -OCH3 is 1. The van der Waals surface area contributed by atoms with Crippen molar-refractivity contribution in [3.8, 4) is 5.75 Å². The number of rotatable bonds is 2. The number of ether oxygens (including phenoxy) is 1. The molecule has 1 N–H and O–H groups in total. The minimum absolute atomic E-state index is 0.336. The summed E-state index contributed by atoms with van der Waals surface area (Å²) in [5.74, 6) is 1.20. The molecule has 2 rings (SSSR count). The minimum Gasteiger partial charge on any atom is -0.497 e. The van der Waals surface area contributed by atoms with Crippen LogP contribution in [0.3, 0.4) is 0 Å². The van der Waals surface area contributed by atoms with Gasteiger partial charge in [0.05, 0.1) is 12.7 Å². The molecule has 1 aromatic rings. The molecule has 2 nitrogen and oxygen atoms in total. The number of aliphatic hydroxyl groups is 1. The molecule has 1 fully saturated rings. The molecule has 1 aromatic carbocycles. The van der Waals surface area contributed by atoms with Gasteiger partial charge in [0.15, 0.2) is 0 Å². The summed E-state index contributed by atoms with van der Waals surface area (Å²) in [6.45, 7) is 4.21. The van der Waals surface area contributed by atoms with Crippen LogP contribution >= 0.6 is 0 Å². The first-order valence-electron chi connectivity index (χ1n) is 6.45. The van der Waals surface area contributed by atoms with Crippen LogP contribution in [-0.4, -0.2) is 12.2 Å². The number of aryl methyl sites for hydroxylation is 1. The Labute approximate surface area is 104 Å². The normalized spacial score (nSPS) is 29.1. The van der Waals surface area contributed by atoms with E-state index in [-0.39, 0.29) is 0 Å². The van der Waals surface area contributed by atoms with Crippen LogP contribution in [0.25, 0.3) is 0 Å². The zero-order valence-corrected chi connectivity index (χ0v) is 11.0. The first-order valence-corrected chi connectivity index (χ1v) is 6.45. The topological polar surface area (TPSA) is 29.5 Å². The molecule has 94 valence electrons. The lowest BCUT2D eigenvalue weighted by Gasteiger charge is -2.39. The van der Waals surface area contributed by atoms with Gasteiger partial charge in [0, 0.05) is 0 Å². The van der Waals surface area contributed by atoms with Gasteiger partial charge in [-0.05, 0) is 48.9 Å². The molecule has 0 amide bonds. The molecule has 2 unspecified atom stereocenters. The van der Waals surface area contributed by atoms with E-state index in [1.54, 1.807) is 7.11 Å². The lowest BCUT2D eigenvalue weighted by atomic mass is 9.71. The molecule has 0 radical (unpaired) electrons. The molecule has 2 heteroatoms. The van der Waals surface area contributed by atoms with Crippen LogP contribution < -0.4 is 4.74 Å². The summed E-state index contributed by atoms with van der Waals surface area (Å²) >= 11 is 0. The van der Waals surface area contributed by atoms with Crippen molar-refractivity contribution in [2.75, 3.05) is 7.11 Å². The lowest BCUT2D eigenvalue weighted by Crippen LogP contribution is -2.37. The Kier molecular flexibility index (Phi) is 3.43. The van der Waals surface area contributed by atoms with Gasteiger partial charge in [0.1, 0.15) is 5.75 Å². The Morgan fingerprint density at radius 1 is 1.35 bits per heavy atom. The van der Waals surface area contributed by atoms with Crippen molar-refractivity contribution < 1.29 is 9.84 Å². The molecule has 0 heterocycles. The molecule has 0 aliphatic heterocycles. The van der Waals surface area contributed by atoms with Crippen molar-refractivity contribution in [2.24, 2.45) is 5.92 Å². The van der Waals surface area contributed by atoms with E-state index in [1.165, 1.54) is 6.42 Å². The zero-order valence-electron chi connectivity index (χ0n) is 11.0. The maximum Gasteiger partial charge on any atom is 0.119 e. The van der Waals surface area contributed by atoms with Gasteiger partial charge >= 0.3 is 0 Å². The predicted octanol–water partition coefficient (Wildman–Crippen LogP) is 3.40. The van der Waals surface area contributed by atoms with Gasteiger partial charge in [0.25, 0.3) is 0 Å². The van der Waals surface area contributed by atoms with Gasteiger partial charge in [-0.1, -0.05) is 25.8 Å². The highest BCUT2D eigenvalue weighted by Gasteiger charge is 2.38. The van der Waals surface area contributed by atoms with E-state index in [1.807, 2.05) is 18.2 Å². The fraction of sp³-hybridized carbons (Fsp3) is 0.600. The van der Waals surface area contributed by atoms with Gasteiger partial charge < -0.3 is 9.84 Å². The van der Waals surface area contributed by atoms with E-state index < -0.39 is 5.60 Å². The molecule has 1 saturated carbocycles. The van der Waals surface area contributed by atoms with Crippen molar-refractivity contribution in [1.29, 1.82) is 0 Å². The molecular weight excluding hydrogens is 212 g/mol. The third-order valence-electron chi connectivity index (χ3n) is 4.16. The smallest absolute Gasteiger partial charge is 0.119 e. The Morgan fingerprint density at radius 2 is 2.12 bits per heavy atom. The third-order valence-corrected chi connectivity index (χ3v) is 4.16. The summed E-state index contributed by atoms with van der Waals surface area (Å²) in [4.78, 5) is 0. The number of hydrogen-bond donors (Lipinski definition) is 1. The van der Waals surface area contributed by atoms with Crippen molar-refractivity contribution in [3.05, 3.63) is 29.3 Å². The average Bonchev–Trinajstić information content (AvgIpc) is 2.32. The average molecular weight is 234 g/mol. The Balaban J connectivity index is 2.38. The van der Waals surface area contributed by atoms with Crippen LogP contribution in [0.15, 0.2) is 18.2 Å². The van der Waals surface area contributed by atoms with E-state index >= 15 is 0 Å². The van der Waals surface area contributed by atoms with Crippen LogP contribution in [0, 0.1) is 12.8 Å². The standard InChI is InChI=1S/C15H22O2/c1-11-10-13(17-3)7-8-14(11)15(16)9-5-4-6-12(15)2/h7-8,10,12,16H,4-6,9H2,1-3H3. The number of hydrogen-bond acceptors (Lipinski definition) is 2. The van der Waals surface area contributed by atoms with Crippen LogP contribution in [-0.2, 0) is 5.60 Å². The van der Waals surface area contributed by atoms with Crippen molar-refractivity contribution >= 4 is 0 Å². The predicted molar refractivity (Wildman–Crippen MR) is 69.3 cm³/mol. The second kappa shape index (κ2) is 4.69. The molecule has 1 aliphatic carbocycles. The molecule has 0 bridgehead atoms. The van der Waals surface area contributed by atoms with Crippen LogP contribution in [0.5, 0.6) is 5.75 Å². The first-order chi connectivity index (χ1) is 8.08. The molecule has 0 spiro atoms. The molecular formula is C15H22O2. The van der Waals surface area contributed by atoms with Crippen LogP contribution in [0.2, 0.25) is 0 Å². The van der Waals surface area contributed by atoms with E-state index in [0.717, 1.165) is 36.1 Å². The summed E-state index contributed by atoms with van der Waals surface area (Å²) in [6.07, 6.45) is 4.34. The summed E-state index contributed by atoms with van der Waals surface area (Å²) in [5, 5.41) is 10.9. The van der Waals surface area contributed by atoms with Crippen molar-refractivity contribution in [3.63, 3.8) is 0 Å². The van der Waals surface area contributed by atoms with Crippen LogP contribution in [0.4, 0.5) is 0 Å². The summed E-state index contributed by atoms with van der Waals surface area (Å²) in [7, 11) is 1.67. The van der Waals surface area contributed by atoms with E-state index in [9.17, 15) is 5.11 Å². The van der Waals surface area contributed by atoms with Gasteiger partial charge in [0.2, 0.25) is 0 Å². The Hall–Kier alpha value is -1.02. The fourth-order valence-electron chi connectivity index (χ4n) is 2.98. The van der Waals surface area contributed by atoms with Crippen molar-refractivity contribution in [2.45, 2.75) is 45.1 Å². The second-order valence-corrected chi connectivity index (χ2v) is 5.25. The zero-order chi connectivity index (χ0) is 12.5. The molecule has 1 aliphatic rings. The van der Waals surface area contributed by atoms with E-state index in [2.05, 4.69) is 13.8 Å². The van der Waals surface area contributed by atoms with Gasteiger partial charge in [-0.25, -0.2) is 0 Å². The van der Waals surface area contributed by atoms with E-state index in [4.69, 9.17) is 4.74 Å². The third kappa shape index (κ3) is 2.19. The van der Waals surface area contributed by atoms with Crippen molar-refractivity contribution in [1.82, 2.24) is 0 Å². The summed E-state index contributed by atoms with van der Waals surface area (Å²) in [5.41, 5.74) is 1.56. The summed E-state index contributed by atoms with van der Waals surface area (Å²) in [6, 6.07) is 5.98. The fourth-order valence-corrected chi connectivity index (χ4v) is 2.98. The summed E-state index contributed by atoms with van der Waals surface area (Å²) < 4.78 is 5.22. The largest absolute Gasteiger partial charge is 0.497 e. The lowest BCUT2D eigenvalue weighted by molar-refractivity contribution is -0.0474. The Morgan fingerprint density at radius 3 is 2.71 bits per heavy atom. The second-order valence-electron chi connectivity index (χ2n) is 5.25. The highest BCUT2D eigenvalue weighted by molar-refractivity contribution is 5.38. The van der Waals surface area contributed by atoms with Crippen LogP contribution in [0.1, 0.15) is 43.7 Å². The Bertz CT molecular complexity index is 400. The minimum atomic E-state index is -0.644. The SMILES string of the molecule is COc1ccc(C2(O)CCCCC2C)c(C)c1.